The SMILES string of the molecule is COc1cccc(CNc2cccc3nc(CC(=O)C4CC4)nn23)c1. The van der Waals surface area contributed by atoms with Gasteiger partial charge in [-0.05, 0) is 42.7 Å². The molecule has 0 radical (unpaired) electrons. The highest BCUT2D eigenvalue weighted by Gasteiger charge is 2.30. The van der Waals surface area contributed by atoms with Gasteiger partial charge in [0.25, 0.3) is 0 Å². The molecule has 128 valence electrons. The molecule has 3 aromatic rings. The third-order valence-electron chi connectivity index (χ3n) is 4.38. The summed E-state index contributed by atoms with van der Waals surface area (Å²) in [5, 5.41) is 7.88. The Kier molecular flexibility index (Phi) is 4.09. The molecule has 0 spiro atoms. The van der Waals surface area contributed by atoms with Crippen molar-refractivity contribution in [3.05, 3.63) is 53.9 Å². The summed E-state index contributed by atoms with van der Waals surface area (Å²) in [6, 6.07) is 13.7. The van der Waals surface area contributed by atoms with Crippen molar-refractivity contribution in [2.24, 2.45) is 5.92 Å². The molecule has 6 nitrogen and oxygen atoms in total. The monoisotopic (exact) mass is 336 g/mol. The highest BCUT2D eigenvalue weighted by atomic mass is 16.5. The van der Waals surface area contributed by atoms with E-state index in [0.29, 0.717) is 18.8 Å². The Morgan fingerprint density at radius 1 is 1.28 bits per heavy atom. The molecule has 2 aromatic heterocycles. The number of ether oxygens (including phenoxy) is 1. The molecule has 2 heterocycles. The van der Waals surface area contributed by atoms with Crippen LogP contribution < -0.4 is 10.1 Å². The van der Waals surface area contributed by atoms with Gasteiger partial charge in [0.1, 0.15) is 17.4 Å². The second kappa shape index (κ2) is 6.55. The predicted molar refractivity (Wildman–Crippen MR) is 94.7 cm³/mol. The van der Waals surface area contributed by atoms with Crippen molar-refractivity contribution in [3.63, 3.8) is 0 Å². The predicted octanol–water partition coefficient (Wildman–Crippen LogP) is 2.87. The number of aromatic nitrogens is 3. The number of Topliss-reactive ketones (excluding diaryl/α,β-unsaturated/α-hetero) is 1. The van der Waals surface area contributed by atoms with Gasteiger partial charge in [0.05, 0.1) is 13.5 Å². The van der Waals surface area contributed by atoms with Crippen LogP contribution in [0.1, 0.15) is 24.2 Å². The second-order valence-corrected chi connectivity index (χ2v) is 6.33. The van der Waals surface area contributed by atoms with Crippen LogP contribution in [0.3, 0.4) is 0 Å². The summed E-state index contributed by atoms with van der Waals surface area (Å²) in [4.78, 5) is 16.5. The minimum atomic E-state index is 0.234. The second-order valence-electron chi connectivity index (χ2n) is 6.33. The summed E-state index contributed by atoms with van der Waals surface area (Å²) in [6.07, 6.45) is 2.35. The first-order valence-corrected chi connectivity index (χ1v) is 8.47. The number of hydrogen-bond donors (Lipinski definition) is 1. The molecule has 1 aliphatic carbocycles. The van der Waals surface area contributed by atoms with Gasteiger partial charge in [0, 0.05) is 12.5 Å². The van der Waals surface area contributed by atoms with Crippen LogP contribution in [0.15, 0.2) is 42.5 Å². The molecule has 1 fully saturated rings. The van der Waals surface area contributed by atoms with E-state index in [-0.39, 0.29) is 11.7 Å². The van der Waals surface area contributed by atoms with Crippen LogP contribution >= 0.6 is 0 Å². The Morgan fingerprint density at radius 2 is 2.12 bits per heavy atom. The first-order chi connectivity index (χ1) is 12.2. The van der Waals surface area contributed by atoms with E-state index in [9.17, 15) is 4.79 Å². The van der Waals surface area contributed by atoms with Gasteiger partial charge in [-0.3, -0.25) is 4.79 Å². The van der Waals surface area contributed by atoms with Crippen LogP contribution in [0, 0.1) is 5.92 Å². The molecule has 0 aliphatic heterocycles. The van der Waals surface area contributed by atoms with Crippen molar-refractivity contribution in [2.45, 2.75) is 25.8 Å². The fourth-order valence-corrected chi connectivity index (χ4v) is 2.84. The molecule has 25 heavy (non-hydrogen) atoms. The Balaban J connectivity index is 1.52. The Hall–Kier alpha value is -2.89. The number of pyridine rings is 1. The van der Waals surface area contributed by atoms with E-state index in [1.807, 2.05) is 42.5 Å². The Morgan fingerprint density at radius 3 is 2.92 bits per heavy atom. The van der Waals surface area contributed by atoms with E-state index in [4.69, 9.17) is 4.74 Å². The zero-order chi connectivity index (χ0) is 17.2. The van der Waals surface area contributed by atoms with Gasteiger partial charge in [-0.1, -0.05) is 18.2 Å². The van der Waals surface area contributed by atoms with E-state index in [1.54, 1.807) is 11.6 Å². The summed E-state index contributed by atoms with van der Waals surface area (Å²) >= 11 is 0. The zero-order valence-corrected chi connectivity index (χ0v) is 14.1. The lowest BCUT2D eigenvalue weighted by Crippen LogP contribution is -2.07. The Bertz CT molecular complexity index is 915. The average Bonchev–Trinajstić information content (AvgIpc) is 3.40. The normalized spacial score (nSPS) is 13.8. The first kappa shape index (κ1) is 15.6. The maximum atomic E-state index is 12.0. The van der Waals surface area contributed by atoms with Gasteiger partial charge in [-0.2, -0.15) is 4.52 Å². The van der Waals surface area contributed by atoms with Gasteiger partial charge < -0.3 is 10.1 Å². The van der Waals surface area contributed by atoms with Crippen LogP contribution in [0.5, 0.6) is 5.75 Å². The largest absolute Gasteiger partial charge is 0.497 e. The Labute approximate surface area is 145 Å². The topological polar surface area (TPSA) is 68.5 Å². The molecule has 1 saturated carbocycles. The molecule has 0 saturated heterocycles. The first-order valence-electron chi connectivity index (χ1n) is 8.47. The summed E-state index contributed by atoms with van der Waals surface area (Å²) in [7, 11) is 1.66. The molecule has 0 amide bonds. The standard InChI is InChI=1S/C19H20N4O2/c1-25-15-5-2-4-13(10-15)12-20-18-6-3-7-19-21-17(22-23(18)19)11-16(24)14-8-9-14/h2-7,10,14,20H,8-9,11-12H2,1H3. The molecule has 0 atom stereocenters. The number of carbonyl (C=O) groups is 1. The van der Waals surface area contributed by atoms with Crippen molar-refractivity contribution < 1.29 is 9.53 Å². The van der Waals surface area contributed by atoms with Gasteiger partial charge in [0.15, 0.2) is 11.5 Å². The third-order valence-corrected chi connectivity index (χ3v) is 4.38. The molecule has 0 bridgehead atoms. The summed E-state index contributed by atoms with van der Waals surface area (Å²) in [5.41, 5.74) is 1.86. The molecular weight excluding hydrogens is 316 g/mol. The fourth-order valence-electron chi connectivity index (χ4n) is 2.84. The van der Waals surface area contributed by atoms with E-state index in [1.165, 1.54) is 0 Å². The molecule has 1 N–H and O–H groups in total. The van der Waals surface area contributed by atoms with E-state index < -0.39 is 0 Å². The minimum absolute atomic E-state index is 0.234. The highest BCUT2D eigenvalue weighted by Crippen LogP contribution is 2.30. The lowest BCUT2D eigenvalue weighted by molar-refractivity contribution is -0.119. The summed E-state index contributed by atoms with van der Waals surface area (Å²) < 4.78 is 7.01. The highest BCUT2D eigenvalue weighted by molar-refractivity contribution is 5.84. The lowest BCUT2D eigenvalue weighted by atomic mass is 10.2. The number of nitrogens with one attached hydrogen (secondary N) is 1. The number of fused-ring (bicyclic) bond motifs is 1. The summed E-state index contributed by atoms with van der Waals surface area (Å²) in [5.74, 6) is 2.75. The molecular formula is C19H20N4O2. The molecule has 0 unspecified atom stereocenters. The molecule has 4 rings (SSSR count). The number of methoxy groups -OCH3 is 1. The maximum Gasteiger partial charge on any atom is 0.159 e. The van der Waals surface area contributed by atoms with Crippen LogP contribution in [0.4, 0.5) is 5.82 Å². The van der Waals surface area contributed by atoms with Crippen molar-refractivity contribution in [3.8, 4) is 5.75 Å². The van der Waals surface area contributed by atoms with Gasteiger partial charge in [-0.25, -0.2) is 4.98 Å². The van der Waals surface area contributed by atoms with Gasteiger partial charge in [0.2, 0.25) is 0 Å². The summed E-state index contributed by atoms with van der Waals surface area (Å²) in [6.45, 7) is 0.645. The lowest BCUT2D eigenvalue weighted by Gasteiger charge is -2.09. The van der Waals surface area contributed by atoms with Crippen LogP contribution in [0.2, 0.25) is 0 Å². The van der Waals surface area contributed by atoms with Crippen molar-refractivity contribution >= 4 is 17.2 Å². The van der Waals surface area contributed by atoms with Crippen LogP contribution in [-0.2, 0) is 17.8 Å². The molecule has 1 aromatic carbocycles. The number of carbonyl (C=O) groups excluding carboxylic acids is 1. The number of anilines is 1. The van der Waals surface area contributed by atoms with Crippen molar-refractivity contribution in [1.82, 2.24) is 14.6 Å². The van der Waals surface area contributed by atoms with Gasteiger partial charge >= 0.3 is 0 Å². The molecule has 1 aliphatic rings. The zero-order valence-electron chi connectivity index (χ0n) is 14.1. The van der Waals surface area contributed by atoms with Crippen molar-refractivity contribution in [2.75, 3.05) is 12.4 Å². The van der Waals surface area contributed by atoms with E-state index in [2.05, 4.69) is 15.4 Å². The minimum Gasteiger partial charge on any atom is -0.497 e. The number of ketones is 1. The van der Waals surface area contributed by atoms with Crippen molar-refractivity contribution in [1.29, 1.82) is 0 Å². The fraction of sp³-hybridized carbons (Fsp3) is 0.316. The number of hydrogen-bond acceptors (Lipinski definition) is 5. The quantitative estimate of drug-likeness (QED) is 0.718. The molecule has 6 heteroatoms. The third kappa shape index (κ3) is 3.47. The van der Waals surface area contributed by atoms with E-state index >= 15 is 0 Å². The number of benzene rings is 1. The number of nitrogens with zero attached hydrogens (tertiary/aromatic N) is 3. The van der Waals surface area contributed by atoms with Crippen LogP contribution in [0.25, 0.3) is 5.65 Å². The maximum absolute atomic E-state index is 12.0. The van der Waals surface area contributed by atoms with E-state index in [0.717, 1.165) is 35.6 Å². The smallest absolute Gasteiger partial charge is 0.159 e. The van der Waals surface area contributed by atoms with Crippen LogP contribution in [-0.4, -0.2) is 27.5 Å². The average molecular weight is 336 g/mol. The van der Waals surface area contributed by atoms with Gasteiger partial charge in [-0.15, -0.1) is 5.10 Å². The number of rotatable bonds is 7.